The average Bonchev–Trinajstić information content (AvgIpc) is 2.89. The molecule has 116 valence electrons. The number of amides is 1. The molecule has 1 aromatic carbocycles. The van der Waals surface area contributed by atoms with Gasteiger partial charge in [-0.2, -0.15) is 23.4 Å². The van der Waals surface area contributed by atoms with Gasteiger partial charge in [0.2, 0.25) is 0 Å². The molecule has 0 bridgehead atoms. The lowest BCUT2D eigenvalue weighted by atomic mass is 10.2. The first-order chi connectivity index (χ1) is 10.4. The number of hydrogen-bond acceptors (Lipinski definition) is 3. The Labute approximate surface area is 131 Å². The predicted molar refractivity (Wildman–Crippen MR) is 77.1 cm³/mol. The van der Waals surface area contributed by atoms with Crippen LogP contribution >= 0.6 is 15.9 Å². The second-order valence-corrected chi connectivity index (χ2v) is 5.07. The Kier molecular flexibility index (Phi) is 4.96. The van der Waals surface area contributed by atoms with E-state index in [1.807, 2.05) is 12.1 Å². The Morgan fingerprint density at radius 3 is 2.73 bits per heavy atom. The number of carbonyl (C=O) groups is 1. The Bertz CT molecular complexity index is 697. The zero-order valence-electron chi connectivity index (χ0n) is 11.0. The molecule has 0 saturated carbocycles. The van der Waals surface area contributed by atoms with Gasteiger partial charge in [0, 0.05) is 16.2 Å². The van der Waals surface area contributed by atoms with Crippen LogP contribution < -0.4 is 5.43 Å². The largest absolute Gasteiger partial charge is 0.435 e. The van der Waals surface area contributed by atoms with Gasteiger partial charge in [-0.15, -0.1) is 0 Å². The van der Waals surface area contributed by atoms with Crippen molar-refractivity contribution in [3.05, 3.63) is 52.3 Å². The number of hydrogen-bond donors (Lipinski definition) is 1. The summed E-state index contributed by atoms with van der Waals surface area (Å²) in [7, 11) is 0. The monoisotopic (exact) mass is 374 g/mol. The van der Waals surface area contributed by atoms with E-state index in [9.17, 15) is 18.0 Å². The van der Waals surface area contributed by atoms with E-state index in [4.69, 9.17) is 0 Å². The van der Waals surface area contributed by atoms with Crippen LogP contribution in [0.2, 0.25) is 0 Å². The minimum atomic E-state index is -4.53. The number of aromatic nitrogens is 2. The lowest BCUT2D eigenvalue weighted by Gasteiger charge is -2.02. The second kappa shape index (κ2) is 6.73. The van der Waals surface area contributed by atoms with Gasteiger partial charge in [0.1, 0.15) is 6.54 Å². The molecule has 2 aromatic rings. The summed E-state index contributed by atoms with van der Waals surface area (Å²) in [6.07, 6.45) is -2.02. The van der Waals surface area contributed by atoms with Crippen LogP contribution in [0.5, 0.6) is 0 Å². The third-order valence-corrected chi connectivity index (χ3v) is 3.26. The molecule has 0 aliphatic carbocycles. The zero-order chi connectivity index (χ0) is 16.2. The first kappa shape index (κ1) is 16.2. The van der Waals surface area contributed by atoms with Gasteiger partial charge in [-0.3, -0.25) is 9.48 Å². The van der Waals surface area contributed by atoms with Gasteiger partial charge in [-0.25, -0.2) is 5.43 Å². The van der Waals surface area contributed by atoms with E-state index in [1.165, 1.54) is 6.21 Å². The van der Waals surface area contributed by atoms with E-state index >= 15 is 0 Å². The van der Waals surface area contributed by atoms with Crippen molar-refractivity contribution in [1.82, 2.24) is 15.2 Å². The molecule has 1 N–H and O–H groups in total. The van der Waals surface area contributed by atoms with E-state index in [2.05, 4.69) is 31.6 Å². The highest BCUT2D eigenvalue weighted by Gasteiger charge is 2.33. The van der Waals surface area contributed by atoms with E-state index in [-0.39, 0.29) is 6.54 Å². The van der Waals surface area contributed by atoms with Crippen LogP contribution in [-0.4, -0.2) is 21.9 Å². The Morgan fingerprint density at radius 1 is 1.36 bits per heavy atom. The average molecular weight is 375 g/mol. The highest BCUT2D eigenvalue weighted by Crippen LogP contribution is 2.27. The minimum Gasteiger partial charge on any atom is -0.271 e. The highest BCUT2D eigenvalue weighted by atomic mass is 79.9. The van der Waals surface area contributed by atoms with E-state index in [1.54, 1.807) is 12.1 Å². The van der Waals surface area contributed by atoms with Gasteiger partial charge in [0.25, 0.3) is 5.91 Å². The molecule has 0 radical (unpaired) electrons. The lowest BCUT2D eigenvalue weighted by Crippen LogP contribution is -2.23. The van der Waals surface area contributed by atoms with Crippen molar-refractivity contribution in [2.75, 3.05) is 0 Å². The first-order valence-corrected chi connectivity index (χ1v) is 6.82. The second-order valence-electron chi connectivity index (χ2n) is 4.21. The molecule has 0 unspecified atom stereocenters. The minimum absolute atomic E-state index is 0.358. The van der Waals surface area contributed by atoms with Crippen LogP contribution in [0.4, 0.5) is 13.2 Å². The van der Waals surface area contributed by atoms with Crippen LogP contribution in [0.25, 0.3) is 0 Å². The van der Waals surface area contributed by atoms with Crippen LogP contribution in [0.1, 0.15) is 11.3 Å². The molecule has 1 aromatic heterocycles. The van der Waals surface area contributed by atoms with Crippen molar-refractivity contribution >= 4 is 28.1 Å². The van der Waals surface area contributed by atoms with E-state index < -0.39 is 17.8 Å². The zero-order valence-corrected chi connectivity index (χ0v) is 12.6. The summed E-state index contributed by atoms with van der Waals surface area (Å²) in [4.78, 5) is 11.6. The molecule has 1 amide bonds. The fourth-order valence-electron chi connectivity index (χ4n) is 1.54. The van der Waals surface area contributed by atoms with Crippen molar-refractivity contribution in [3.63, 3.8) is 0 Å². The molecule has 0 spiro atoms. The normalized spacial score (nSPS) is 11.8. The quantitative estimate of drug-likeness (QED) is 0.660. The molecular weight excluding hydrogens is 365 g/mol. The molecule has 5 nitrogen and oxygen atoms in total. The van der Waals surface area contributed by atoms with E-state index in [0.717, 1.165) is 27.0 Å². The number of benzene rings is 1. The molecule has 22 heavy (non-hydrogen) atoms. The maximum atomic E-state index is 12.4. The molecule has 9 heteroatoms. The Balaban J connectivity index is 1.91. The van der Waals surface area contributed by atoms with Gasteiger partial charge in [0.15, 0.2) is 5.69 Å². The molecule has 0 fully saturated rings. The molecule has 0 aliphatic heterocycles. The van der Waals surface area contributed by atoms with Gasteiger partial charge in [0.05, 0.1) is 6.21 Å². The van der Waals surface area contributed by atoms with Crippen LogP contribution in [-0.2, 0) is 17.5 Å². The van der Waals surface area contributed by atoms with Crippen molar-refractivity contribution in [1.29, 1.82) is 0 Å². The van der Waals surface area contributed by atoms with Gasteiger partial charge < -0.3 is 0 Å². The summed E-state index contributed by atoms with van der Waals surface area (Å²) in [5.41, 5.74) is 1.93. The van der Waals surface area contributed by atoms with Crippen molar-refractivity contribution < 1.29 is 18.0 Å². The number of alkyl halides is 3. The van der Waals surface area contributed by atoms with Crippen molar-refractivity contribution in [3.8, 4) is 0 Å². The SMILES string of the molecule is O=C(Cn1ccc(C(F)(F)F)n1)N/N=C\c1ccccc1Br. The molecule has 1 heterocycles. The number of halogens is 4. The Morgan fingerprint density at radius 2 is 2.09 bits per heavy atom. The summed E-state index contributed by atoms with van der Waals surface area (Å²) in [6, 6.07) is 8.03. The smallest absolute Gasteiger partial charge is 0.271 e. The third-order valence-electron chi connectivity index (χ3n) is 2.53. The molecule has 0 saturated heterocycles. The number of nitrogens with zero attached hydrogens (tertiary/aromatic N) is 3. The number of nitrogens with one attached hydrogen (secondary N) is 1. The van der Waals surface area contributed by atoms with Crippen molar-refractivity contribution in [2.24, 2.45) is 5.10 Å². The molecular formula is C13H10BrF3N4O. The topological polar surface area (TPSA) is 59.3 Å². The standard InChI is InChI=1S/C13H10BrF3N4O/c14-10-4-2-1-3-9(10)7-18-19-12(22)8-21-6-5-11(20-21)13(15,16)17/h1-7H,8H2,(H,19,22)/b18-7-. The molecule has 0 atom stereocenters. The Hall–Kier alpha value is -2.16. The summed E-state index contributed by atoms with van der Waals surface area (Å²) in [6.45, 7) is -0.358. The molecule has 2 rings (SSSR count). The van der Waals surface area contributed by atoms with Crippen LogP contribution in [0, 0.1) is 0 Å². The maximum absolute atomic E-state index is 12.4. The summed E-state index contributed by atoms with van der Waals surface area (Å²) >= 11 is 3.31. The summed E-state index contributed by atoms with van der Waals surface area (Å²) in [5, 5.41) is 7.01. The molecule has 0 aliphatic rings. The van der Waals surface area contributed by atoms with Crippen molar-refractivity contribution in [2.45, 2.75) is 12.7 Å². The van der Waals surface area contributed by atoms with Crippen LogP contribution in [0.3, 0.4) is 0 Å². The van der Waals surface area contributed by atoms with Crippen LogP contribution in [0.15, 0.2) is 46.1 Å². The lowest BCUT2D eigenvalue weighted by molar-refractivity contribution is -0.141. The third kappa shape index (κ3) is 4.42. The maximum Gasteiger partial charge on any atom is 0.435 e. The number of rotatable bonds is 4. The number of carbonyl (C=O) groups excluding carboxylic acids is 1. The summed E-state index contributed by atoms with van der Waals surface area (Å²) in [5.74, 6) is -0.583. The van der Waals surface area contributed by atoms with Gasteiger partial charge in [-0.05, 0) is 12.1 Å². The highest BCUT2D eigenvalue weighted by molar-refractivity contribution is 9.10. The predicted octanol–water partition coefficient (Wildman–Crippen LogP) is 2.81. The number of hydrazone groups is 1. The van der Waals surface area contributed by atoms with Gasteiger partial charge in [-0.1, -0.05) is 34.1 Å². The first-order valence-electron chi connectivity index (χ1n) is 6.03. The summed E-state index contributed by atoms with van der Waals surface area (Å²) < 4.78 is 38.8. The fraction of sp³-hybridized carbons (Fsp3) is 0.154. The van der Waals surface area contributed by atoms with Gasteiger partial charge >= 0.3 is 6.18 Å². The fourth-order valence-corrected chi connectivity index (χ4v) is 1.92. The van der Waals surface area contributed by atoms with E-state index in [0.29, 0.717) is 0 Å².